The summed E-state index contributed by atoms with van der Waals surface area (Å²) in [7, 11) is 1.57. The molecule has 0 heterocycles. The molecular weight excluding hydrogens is 352 g/mol. The number of thiocarbonyl (C=S) groups is 1. The zero-order valence-corrected chi connectivity index (χ0v) is 15.6. The number of rotatable bonds is 8. The fourth-order valence-electron chi connectivity index (χ4n) is 2.17. The Morgan fingerprint density at radius 3 is 2.69 bits per heavy atom. The first-order valence-corrected chi connectivity index (χ1v) is 8.60. The fourth-order valence-corrected chi connectivity index (χ4v) is 2.37. The predicted molar refractivity (Wildman–Crippen MR) is 105 cm³/mol. The summed E-state index contributed by atoms with van der Waals surface area (Å²) in [6.07, 6.45) is 0. The highest BCUT2D eigenvalue weighted by molar-refractivity contribution is 7.80. The Bertz CT molecular complexity index is 752. The van der Waals surface area contributed by atoms with Crippen LogP contribution in [-0.4, -0.2) is 38.0 Å². The van der Waals surface area contributed by atoms with Gasteiger partial charge in [-0.1, -0.05) is 18.2 Å². The van der Waals surface area contributed by atoms with Gasteiger partial charge in [-0.2, -0.15) is 0 Å². The Balaban J connectivity index is 1.93. The Hall–Kier alpha value is -2.64. The molecule has 7 heteroatoms. The van der Waals surface area contributed by atoms with Gasteiger partial charge in [-0.25, -0.2) is 0 Å². The van der Waals surface area contributed by atoms with Crippen molar-refractivity contribution in [3.63, 3.8) is 0 Å². The van der Waals surface area contributed by atoms with Crippen molar-refractivity contribution in [2.24, 2.45) is 0 Å². The van der Waals surface area contributed by atoms with Crippen LogP contribution in [0.1, 0.15) is 17.3 Å². The zero-order valence-electron chi connectivity index (χ0n) is 14.8. The van der Waals surface area contributed by atoms with Crippen LogP contribution in [0, 0.1) is 0 Å². The summed E-state index contributed by atoms with van der Waals surface area (Å²) < 4.78 is 16.0. The van der Waals surface area contributed by atoms with Gasteiger partial charge in [-0.05, 0) is 49.5 Å². The van der Waals surface area contributed by atoms with E-state index in [0.29, 0.717) is 42.6 Å². The van der Waals surface area contributed by atoms with Crippen molar-refractivity contribution >= 4 is 28.9 Å². The second kappa shape index (κ2) is 10.4. The minimum atomic E-state index is -0.326. The minimum absolute atomic E-state index is 0.183. The molecule has 26 heavy (non-hydrogen) atoms. The molecule has 0 aliphatic heterocycles. The highest BCUT2D eigenvalue weighted by Crippen LogP contribution is 2.22. The lowest BCUT2D eigenvalue weighted by molar-refractivity contribution is 0.0976. The molecule has 0 bridgehead atoms. The number of amides is 1. The van der Waals surface area contributed by atoms with Gasteiger partial charge in [-0.15, -0.1) is 0 Å². The number of carbonyl (C=O) groups is 1. The standard InChI is InChI=1S/C19H22N2O4S/c1-3-24-11-12-25-15-8-6-7-14(13-15)18(22)21-19(26)20-16-9-4-5-10-17(16)23-2/h4-10,13H,3,11-12H2,1-2H3,(H2,20,21,22,26). The minimum Gasteiger partial charge on any atom is -0.495 e. The van der Waals surface area contributed by atoms with Gasteiger partial charge in [0.05, 0.1) is 19.4 Å². The Morgan fingerprint density at radius 1 is 1.12 bits per heavy atom. The van der Waals surface area contributed by atoms with E-state index in [4.69, 9.17) is 26.4 Å². The van der Waals surface area contributed by atoms with E-state index < -0.39 is 0 Å². The van der Waals surface area contributed by atoms with Crippen LogP contribution < -0.4 is 20.1 Å². The predicted octanol–water partition coefficient (Wildman–Crippen LogP) is 3.24. The van der Waals surface area contributed by atoms with Crippen LogP contribution in [0.15, 0.2) is 48.5 Å². The highest BCUT2D eigenvalue weighted by Gasteiger charge is 2.10. The maximum Gasteiger partial charge on any atom is 0.257 e. The van der Waals surface area contributed by atoms with Gasteiger partial charge in [0, 0.05) is 12.2 Å². The monoisotopic (exact) mass is 374 g/mol. The van der Waals surface area contributed by atoms with Gasteiger partial charge < -0.3 is 19.5 Å². The molecule has 1 amide bonds. The molecule has 0 atom stereocenters. The van der Waals surface area contributed by atoms with E-state index in [2.05, 4.69) is 10.6 Å². The molecule has 2 N–H and O–H groups in total. The van der Waals surface area contributed by atoms with E-state index in [9.17, 15) is 4.79 Å². The summed E-state index contributed by atoms with van der Waals surface area (Å²) in [5.74, 6) is 0.905. The zero-order chi connectivity index (χ0) is 18.8. The van der Waals surface area contributed by atoms with E-state index >= 15 is 0 Å². The SMILES string of the molecule is CCOCCOc1cccc(C(=O)NC(=S)Nc2ccccc2OC)c1. The number of hydrogen-bond donors (Lipinski definition) is 2. The van der Waals surface area contributed by atoms with Crippen molar-refractivity contribution in [2.75, 3.05) is 32.2 Å². The van der Waals surface area contributed by atoms with E-state index in [1.54, 1.807) is 37.4 Å². The third-order valence-corrected chi connectivity index (χ3v) is 3.58. The molecule has 0 spiro atoms. The third-order valence-electron chi connectivity index (χ3n) is 3.38. The molecular formula is C19H22N2O4S. The largest absolute Gasteiger partial charge is 0.495 e. The quantitative estimate of drug-likeness (QED) is 0.546. The molecule has 0 radical (unpaired) electrons. The highest BCUT2D eigenvalue weighted by atomic mass is 32.1. The first kappa shape index (κ1) is 19.7. The number of ether oxygens (including phenoxy) is 3. The normalized spacial score (nSPS) is 10.1. The van der Waals surface area contributed by atoms with Crippen LogP contribution in [0.25, 0.3) is 0 Å². The van der Waals surface area contributed by atoms with Gasteiger partial charge in [-0.3, -0.25) is 10.1 Å². The van der Waals surface area contributed by atoms with Crippen molar-refractivity contribution in [3.05, 3.63) is 54.1 Å². The Morgan fingerprint density at radius 2 is 1.92 bits per heavy atom. The summed E-state index contributed by atoms with van der Waals surface area (Å²) in [6.45, 7) is 3.49. The molecule has 0 aliphatic carbocycles. The molecule has 0 fully saturated rings. The molecule has 0 saturated heterocycles. The molecule has 6 nitrogen and oxygen atoms in total. The topological polar surface area (TPSA) is 68.8 Å². The van der Waals surface area contributed by atoms with E-state index in [1.165, 1.54) is 0 Å². The number of anilines is 1. The summed E-state index contributed by atoms with van der Waals surface area (Å²) in [6, 6.07) is 14.2. The van der Waals surface area contributed by atoms with Gasteiger partial charge in [0.25, 0.3) is 5.91 Å². The van der Waals surface area contributed by atoms with E-state index in [1.807, 2.05) is 25.1 Å². The number of para-hydroxylation sites is 2. The number of carbonyl (C=O) groups excluding carboxylic acids is 1. The molecule has 2 aromatic rings. The lowest BCUT2D eigenvalue weighted by atomic mass is 10.2. The van der Waals surface area contributed by atoms with Gasteiger partial charge in [0.15, 0.2) is 5.11 Å². The number of methoxy groups -OCH3 is 1. The average Bonchev–Trinajstić information content (AvgIpc) is 2.66. The second-order valence-electron chi connectivity index (χ2n) is 5.18. The molecule has 138 valence electrons. The van der Waals surface area contributed by atoms with Crippen LogP contribution in [0.3, 0.4) is 0 Å². The van der Waals surface area contributed by atoms with Crippen molar-refractivity contribution in [2.45, 2.75) is 6.92 Å². The third kappa shape index (κ3) is 6.02. The van der Waals surface area contributed by atoms with E-state index in [0.717, 1.165) is 0 Å². The van der Waals surface area contributed by atoms with Crippen LogP contribution in [0.4, 0.5) is 5.69 Å². The lowest BCUT2D eigenvalue weighted by Gasteiger charge is -2.13. The van der Waals surface area contributed by atoms with Crippen molar-refractivity contribution < 1.29 is 19.0 Å². The first-order valence-electron chi connectivity index (χ1n) is 8.20. The lowest BCUT2D eigenvalue weighted by Crippen LogP contribution is -2.34. The Kier molecular flexibility index (Phi) is 7.85. The number of nitrogens with one attached hydrogen (secondary N) is 2. The van der Waals surface area contributed by atoms with Gasteiger partial charge in [0.2, 0.25) is 0 Å². The summed E-state index contributed by atoms with van der Waals surface area (Å²) in [4.78, 5) is 12.4. The van der Waals surface area contributed by atoms with Crippen LogP contribution in [0.5, 0.6) is 11.5 Å². The summed E-state index contributed by atoms with van der Waals surface area (Å²) in [5.41, 5.74) is 1.12. The fraction of sp³-hybridized carbons (Fsp3) is 0.263. The molecule has 0 saturated carbocycles. The van der Waals surface area contributed by atoms with Crippen LogP contribution >= 0.6 is 12.2 Å². The maximum absolute atomic E-state index is 12.4. The van der Waals surface area contributed by atoms with Gasteiger partial charge in [0.1, 0.15) is 18.1 Å². The summed E-state index contributed by atoms with van der Waals surface area (Å²) >= 11 is 5.21. The molecule has 0 aliphatic rings. The smallest absolute Gasteiger partial charge is 0.257 e. The van der Waals surface area contributed by atoms with Crippen molar-refractivity contribution in [1.29, 1.82) is 0 Å². The van der Waals surface area contributed by atoms with Gasteiger partial charge >= 0.3 is 0 Å². The maximum atomic E-state index is 12.4. The molecule has 2 aromatic carbocycles. The molecule has 0 aromatic heterocycles. The first-order chi connectivity index (χ1) is 12.6. The average molecular weight is 374 g/mol. The summed E-state index contributed by atoms with van der Waals surface area (Å²) in [5, 5.41) is 5.78. The van der Waals surface area contributed by atoms with Crippen LogP contribution in [-0.2, 0) is 4.74 Å². The number of benzene rings is 2. The van der Waals surface area contributed by atoms with Crippen molar-refractivity contribution in [1.82, 2.24) is 5.32 Å². The number of hydrogen-bond acceptors (Lipinski definition) is 5. The van der Waals surface area contributed by atoms with Crippen molar-refractivity contribution in [3.8, 4) is 11.5 Å². The Labute approximate surface area is 158 Å². The second-order valence-corrected chi connectivity index (χ2v) is 5.59. The molecule has 0 unspecified atom stereocenters. The van der Waals surface area contributed by atoms with Crippen LogP contribution in [0.2, 0.25) is 0 Å². The van der Waals surface area contributed by atoms with E-state index in [-0.39, 0.29) is 11.0 Å². The molecule has 2 rings (SSSR count).